The van der Waals surface area contributed by atoms with Gasteiger partial charge >= 0.3 is 5.97 Å². The average Bonchev–Trinajstić information content (AvgIpc) is 2.34. The van der Waals surface area contributed by atoms with Crippen molar-refractivity contribution in [3.05, 3.63) is 54.3 Å². The minimum absolute atomic E-state index is 0.227. The third-order valence-electron chi connectivity index (χ3n) is 1.94. The Labute approximate surface area is 101 Å². The molecule has 0 aliphatic heterocycles. The van der Waals surface area contributed by atoms with Crippen LogP contribution < -0.4 is 0 Å². The van der Waals surface area contributed by atoms with Crippen LogP contribution in [-0.2, 0) is 14.3 Å². The van der Waals surface area contributed by atoms with Crippen LogP contribution in [0.3, 0.4) is 0 Å². The molecule has 3 heteroatoms. The highest BCUT2D eigenvalue weighted by molar-refractivity contribution is 5.86. The first-order valence-corrected chi connectivity index (χ1v) is 5.36. The molecule has 1 aromatic rings. The Morgan fingerprint density at radius 3 is 2.65 bits per heavy atom. The van der Waals surface area contributed by atoms with Gasteiger partial charge in [-0.15, -0.1) is 0 Å². The Balaban J connectivity index is 2.15. The van der Waals surface area contributed by atoms with Crippen LogP contribution >= 0.6 is 0 Å². The summed E-state index contributed by atoms with van der Waals surface area (Å²) in [5, 5.41) is 0. The Bertz CT molecular complexity index is 393. The van der Waals surface area contributed by atoms with Crippen LogP contribution in [0.5, 0.6) is 0 Å². The lowest BCUT2D eigenvalue weighted by atomic mass is 10.2. The van der Waals surface area contributed by atoms with E-state index in [4.69, 9.17) is 9.47 Å². The van der Waals surface area contributed by atoms with Gasteiger partial charge in [0.15, 0.2) is 0 Å². The highest BCUT2D eigenvalue weighted by Gasteiger charge is 2.01. The minimum Gasteiger partial charge on any atom is -0.498 e. The molecule has 17 heavy (non-hydrogen) atoms. The number of hydrogen-bond donors (Lipinski definition) is 0. The molecule has 1 aromatic carbocycles. The van der Waals surface area contributed by atoms with Crippen LogP contribution in [0.1, 0.15) is 12.5 Å². The molecule has 0 saturated carbocycles. The van der Waals surface area contributed by atoms with Crippen LogP contribution in [0.25, 0.3) is 6.08 Å². The van der Waals surface area contributed by atoms with E-state index in [9.17, 15) is 4.79 Å². The summed E-state index contributed by atoms with van der Waals surface area (Å²) in [6.45, 7) is 5.65. The van der Waals surface area contributed by atoms with Crippen molar-refractivity contribution in [2.75, 3.05) is 13.2 Å². The first-order chi connectivity index (χ1) is 8.20. The second kappa shape index (κ2) is 7.28. The highest BCUT2D eigenvalue weighted by atomic mass is 16.6. The number of rotatable bonds is 6. The quantitative estimate of drug-likeness (QED) is 0.327. The lowest BCUT2D eigenvalue weighted by Gasteiger charge is -2.03. The number of ether oxygens (including phenoxy) is 2. The number of hydrogen-bond acceptors (Lipinski definition) is 3. The van der Waals surface area contributed by atoms with Gasteiger partial charge in [0.1, 0.15) is 13.2 Å². The molecule has 0 fully saturated rings. The van der Waals surface area contributed by atoms with Crippen molar-refractivity contribution in [2.45, 2.75) is 6.92 Å². The predicted molar refractivity (Wildman–Crippen MR) is 67.2 cm³/mol. The predicted octanol–water partition coefficient (Wildman–Crippen LogP) is 2.79. The van der Waals surface area contributed by atoms with Crippen molar-refractivity contribution >= 4 is 12.0 Å². The van der Waals surface area contributed by atoms with Gasteiger partial charge in [-0.25, -0.2) is 4.79 Å². The molecule has 0 radical (unpaired) electrons. The minimum atomic E-state index is -0.388. The lowest BCUT2D eigenvalue weighted by molar-refractivity contribution is -0.139. The third-order valence-corrected chi connectivity index (χ3v) is 1.94. The summed E-state index contributed by atoms with van der Waals surface area (Å²) in [5.74, 6) is -0.388. The molecule has 0 aromatic heterocycles. The Morgan fingerprint density at radius 2 is 2.00 bits per heavy atom. The molecule has 0 heterocycles. The molecule has 0 aliphatic carbocycles. The van der Waals surface area contributed by atoms with E-state index >= 15 is 0 Å². The van der Waals surface area contributed by atoms with Gasteiger partial charge in [0.05, 0.1) is 6.26 Å². The van der Waals surface area contributed by atoms with E-state index in [-0.39, 0.29) is 12.6 Å². The smallest absolute Gasteiger partial charge is 0.333 e. The van der Waals surface area contributed by atoms with Gasteiger partial charge in [-0.3, -0.25) is 0 Å². The number of carbonyl (C=O) groups is 1. The van der Waals surface area contributed by atoms with E-state index in [1.54, 1.807) is 13.2 Å². The molecule has 0 saturated heterocycles. The van der Waals surface area contributed by atoms with Crippen LogP contribution in [-0.4, -0.2) is 19.2 Å². The van der Waals surface area contributed by atoms with Crippen molar-refractivity contribution in [2.24, 2.45) is 0 Å². The molecule has 0 spiro atoms. The molecule has 0 unspecified atom stereocenters. The molecule has 1 rings (SSSR count). The van der Waals surface area contributed by atoms with Gasteiger partial charge < -0.3 is 9.47 Å². The van der Waals surface area contributed by atoms with E-state index < -0.39 is 0 Å². The summed E-state index contributed by atoms with van der Waals surface area (Å²) in [4.78, 5) is 11.0. The maximum Gasteiger partial charge on any atom is 0.333 e. The SMILES string of the molecule is C=C(C)C(=O)OCCOC=Cc1ccccc1. The highest BCUT2D eigenvalue weighted by Crippen LogP contribution is 2.00. The maximum atomic E-state index is 11.0. The van der Waals surface area contributed by atoms with E-state index in [1.807, 2.05) is 36.4 Å². The van der Waals surface area contributed by atoms with Crippen molar-refractivity contribution in [3.8, 4) is 0 Å². The van der Waals surface area contributed by atoms with Crippen molar-refractivity contribution < 1.29 is 14.3 Å². The fourth-order valence-electron chi connectivity index (χ4n) is 1.06. The fraction of sp³-hybridized carbons (Fsp3) is 0.214. The van der Waals surface area contributed by atoms with Crippen LogP contribution in [0.15, 0.2) is 48.7 Å². The van der Waals surface area contributed by atoms with Gasteiger partial charge in [0.25, 0.3) is 0 Å². The van der Waals surface area contributed by atoms with Crippen molar-refractivity contribution in [3.63, 3.8) is 0 Å². The van der Waals surface area contributed by atoms with Gasteiger partial charge in [0.2, 0.25) is 0 Å². The Morgan fingerprint density at radius 1 is 1.29 bits per heavy atom. The Kier molecular flexibility index (Phi) is 5.58. The normalized spacial score (nSPS) is 10.2. The average molecular weight is 232 g/mol. The monoisotopic (exact) mass is 232 g/mol. The van der Waals surface area contributed by atoms with Gasteiger partial charge in [-0.05, 0) is 18.6 Å². The molecular weight excluding hydrogens is 216 g/mol. The summed E-state index contributed by atoms with van der Waals surface area (Å²) in [6.07, 6.45) is 3.44. The molecule has 0 amide bonds. The fourth-order valence-corrected chi connectivity index (χ4v) is 1.06. The second-order valence-electron chi connectivity index (χ2n) is 3.50. The first-order valence-electron chi connectivity index (χ1n) is 5.36. The molecular formula is C14H16O3. The molecule has 90 valence electrons. The van der Waals surface area contributed by atoms with E-state index in [2.05, 4.69) is 6.58 Å². The second-order valence-corrected chi connectivity index (χ2v) is 3.50. The molecule has 3 nitrogen and oxygen atoms in total. The maximum absolute atomic E-state index is 11.0. The van der Waals surface area contributed by atoms with E-state index in [0.717, 1.165) is 5.56 Å². The van der Waals surface area contributed by atoms with Crippen molar-refractivity contribution in [1.29, 1.82) is 0 Å². The zero-order valence-electron chi connectivity index (χ0n) is 9.89. The van der Waals surface area contributed by atoms with Gasteiger partial charge in [0, 0.05) is 5.57 Å². The lowest BCUT2D eigenvalue weighted by Crippen LogP contribution is -2.09. The standard InChI is InChI=1S/C14H16O3/c1-12(2)14(15)17-11-10-16-9-8-13-6-4-3-5-7-13/h3-9H,1,10-11H2,2H3. The zero-order valence-corrected chi connectivity index (χ0v) is 9.89. The summed E-state index contributed by atoms with van der Waals surface area (Å²) in [6, 6.07) is 9.81. The van der Waals surface area contributed by atoms with Crippen LogP contribution in [0.4, 0.5) is 0 Å². The van der Waals surface area contributed by atoms with E-state index in [1.165, 1.54) is 0 Å². The Hall–Kier alpha value is -2.03. The molecule has 0 aliphatic rings. The first kappa shape index (κ1) is 13.0. The van der Waals surface area contributed by atoms with E-state index in [0.29, 0.717) is 12.2 Å². The largest absolute Gasteiger partial charge is 0.498 e. The summed E-state index contributed by atoms with van der Waals surface area (Å²) in [5.41, 5.74) is 1.45. The number of carbonyl (C=O) groups excluding carboxylic acids is 1. The molecule has 0 bridgehead atoms. The number of esters is 1. The van der Waals surface area contributed by atoms with Gasteiger partial charge in [-0.2, -0.15) is 0 Å². The zero-order chi connectivity index (χ0) is 12.5. The topological polar surface area (TPSA) is 35.5 Å². The van der Waals surface area contributed by atoms with Crippen molar-refractivity contribution in [1.82, 2.24) is 0 Å². The van der Waals surface area contributed by atoms with Gasteiger partial charge in [-0.1, -0.05) is 36.9 Å². The van der Waals surface area contributed by atoms with Crippen LogP contribution in [0, 0.1) is 0 Å². The number of benzene rings is 1. The summed E-state index contributed by atoms with van der Waals surface area (Å²) in [7, 11) is 0. The molecule has 0 N–H and O–H groups in total. The third kappa shape index (κ3) is 5.56. The summed E-state index contributed by atoms with van der Waals surface area (Å²) < 4.78 is 10.0. The summed E-state index contributed by atoms with van der Waals surface area (Å²) >= 11 is 0. The molecule has 0 atom stereocenters. The van der Waals surface area contributed by atoms with Crippen LogP contribution in [0.2, 0.25) is 0 Å².